The van der Waals surface area contributed by atoms with Crippen LogP contribution in [0.5, 0.6) is 0 Å². The Morgan fingerprint density at radius 1 is 1.00 bits per heavy atom. The first-order chi connectivity index (χ1) is 6.29. The number of rotatable bonds is 2. The molecule has 0 heterocycles. The first kappa shape index (κ1) is 12.2. The molecule has 0 aliphatic rings. The predicted molar refractivity (Wildman–Crippen MR) is 61.3 cm³/mol. The average molecular weight is 178 g/mol. The molecule has 0 unspecified atom stereocenters. The van der Waals surface area contributed by atoms with Crippen molar-refractivity contribution in [2.45, 2.75) is 47.5 Å². The second-order valence-electron chi connectivity index (χ2n) is 2.92. The van der Waals surface area contributed by atoms with Gasteiger partial charge in [-0.15, -0.1) is 0 Å². The van der Waals surface area contributed by atoms with E-state index in [0.29, 0.717) is 0 Å². The molecule has 0 fully saturated rings. The van der Waals surface area contributed by atoms with Crippen molar-refractivity contribution in [2.75, 3.05) is 0 Å². The Labute approximate surface area is 83.0 Å². The van der Waals surface area contributed by atoms with Gasteiger partial charge in [0, 0.05) is 0 Å². The lowest BCUT2D eigenvalue weighted by Crippen LogP contribution is -1.93. The molecule has 0 saturated heterocycles. The van der Waals surface area contributed by atoms with Gasteiger partial charge in [-0.25, -0.2) is 0 Å². The van der Waals surface area contributed by atoms with Gasteiger partial charge < -0.3 is 0 Å². The van der Waals surface area contributed by atoms with Crippen LogP contribution in [0.3, 0.4) is 0 Å². The molecule has 0 aliphatic heterocycles. The molecule has 0 spiro atoms. The largest absolute Gasteiger partial charge is 0.0683 e. The molecule has 1 aromatic carbocycles. The lowest BCUT2D eigenvalue weighted by Gasteiger charge is -2.07. The Morgan fingerprint density at radius 2 is 1.62 bits per heavy atom. The third-order valence-corrected chi connectivity index (χ3v) is 2.24. The van der Waals surface area contributed by atoms with Crippen molar-refractivity contribution in [2.24, 2.45) is 0 Å². The Kier molecular flexibility index (Phi) is 6.30. The van der Waals surface area contributed by atoms with E-state index in [4.69, 9.17) is 0 Å². The van der Waals surface area contributed by atoms with Crippen LogP contribution in [0.15, 0.2) is 18.2 Å². The second kappa shape index (κ2) is 6.71. The van der Waals surface area contributed by atoms with E-state index >= 15 is 0 Å². The fraction of sp³-hybridized carbons (Fsp3) is 0.538. The third-order valence-electron chi connectivity index (χ3n) is 2.24. The maximum Gasteiger partial charge on any atom is -0.0302 e. The lowest BCUT2D eigenvalue weighted by atomic mass is 9.98. The maximum atomic E-state index is 2.23. The van der Waals surface area contributed by atoms with Crippen molar-refractivity contribution in [1.29, 1.82) is 0 Å². The summed E-state index contributed by atoms with van der Waals surface area (Å²) in [6.45, 7) is 10.6. The normalized spacial score (nSPS) is 9.00. The molecule has 74 valence electrons. The molecule has 0 radical (unpaired) electrons. The van der Waals surface area contributed by atoms with Crippen LogP contribution in [-0.4, -0.2) is 0 Å². The summed E-state index contributed by atoms with van der Waals surface area (Å²) in [4.78, 5) is 0. The van der Waals surface area contributed by atoms with Crippen LogP contribution >= 0.6 is 0 Å². The first-order valence-electron chi connectivity index (χ1n) is 5.37. The summed E-state index contributed by atoms with van der Waals surface area (Å²) in [7, 11) is 0. The summed E-state index contributed by atoms with van der Waals surface area (Å²) in [6, 6.07) is 6.57. The highest BCUT2D eigenvalue weighted by Crippen LogP contribution is 2.14. The van der Waals surface area contributed by atoms with Gasteiger partial charge in [-0.05, 0) is 36.5 Å². The quantitative estimate of drug-likeness (QED) is 0.638. The SMILES string of the molecule is CC.CCc1cccc(C)c1CC. The van der Waals surface area contributed by atoms with Crippen molar-refractivity contribution in [3.05, 3.63) is 34.9 Å². The summed E-state index contributed by atoms with van der Waals surface area (Å²) in [6.07, 6.45) is 2.32. The average Bonchev–Trinajstić information content (AvgIpc) is 2.20. The summed E-state index contributed by atoms with van der Waals surface area (Å²) in [5.41, 5.74) is 4.48. The number of hydrogen-bond acceptors (Lipinski definition) is 0. The van der Waals surface area contributed by atoms with Crippen molar-refractivity contribution >= 4 is 0 Å². The molecule has 13 heavy (non-hydrogen) atoms. The monoisotopic (exact) mass is 178 g/mol. The van der Waals surface area contributed by atoms with Gasteiger partial charge in [-0.2, -0.15) is 0 Å². The van der Waals surface area contributed by atoms with Gasteiger partial charge in [0.05, 0.1) is 0 Å². The van der Waals surface area contributed by atoms with Crippen LogP contribution in [-0.2, 0) is 12.8 Å². The highest BCUT2D eigenvalue weighted by molar-refractivity contribution is 5.34. The van der Waals surface area contributed by atoms with Gasteiger partial charge >= 0.3 is 0 Å². The molecule has 0 aromatic heterocycles. The molecule has 0 heteroatoms. The summed E-state index contributed by atoms with van der Waals surface area (Å²) >= 11 is 0. The molecular formula is C13H22. The van der Waals surface area contributed by atoms with Crippen molar-refractivity contribution < 1.29 is 0 Å². The minimum atomic E-state index is 1.16. The zero-order valence-corrected chi connectivity index (χ0v) is 9.65. The van der Waals surface area contributed by atoms with Crippen LogP contribution < -0.4 is 0 Å². The van der Waals surface area contributed by atoms with E-state index in [1.807, 2.05) is 13.8 Å². The minimum Gasteiger partial charge on any atom is -0.0683 e. The summed E-state index contributed by atoms with van der Waals surface area (Å²) in [5, 5.41) is 0. The van der Waals surface area contributed by atoms with Crippen LogP contribution in [0, 0.1) is 6.92 Å². The fourth-order valence-corrected chi connectivity index (χ4v) is 1.60. The van der Waals surface area contributed by atoms with Gasteiger partial charge in [-0.1, -0.05) is 45.9 Å². The standard InChI is InChI=1S/C11H16.C2H6/c1-4-10-8-6-7-9(3)11(10)5-2;1-2/h6-8H,4-5H2,1-3H3;1-2H3. The van der Waals surface area contributed by atoms with Crippen LogP contribution in [0.4, 0.5) is 0 Å². The third kappa shape index (κ3) is 3.22. The summed E-state index contributed by atoms with van der Waals surface area (Å²) in [5.74, 6) is 0. The van der Waals surface area contributed by atoms with E-state index in [1.54, 1.807) is 0 Å². The van der Waals surface area contributed by atoms with Crippen molar-refractivity contribution in [3.8, 4) is 0 Å². The Hall–Kier alpha value is -0.780. The highest BCUT2D eigenvalue weighted by Gasteiger charge is 1.99. The topological polar surface area (TPSA) is 0 Å². The van der Waals surface area contributed by atoms with Crippen LogP contribution in [0.1, 0.15) is 44.4 Å². The highest BCUT2D eigenvalue weighted by atomic mass is 14.0. The lowest BCUT2D eigenvalue weighted by molar-refractivity contribution is 1.02. The predicted octanol–water partition coefficient (Wildman–Crippen LogP) is 4.15. The molecule has 0 N–H and O–H groups in total. The van der Waals surface area contributed by atoms with Gasteiger partial charge in [-0.3, -0.25) is 0 Å². The Bertz CT molecular complexity index is 236. The zero-order chi connectivity index (χ0) is 10.3. The van der Waals surface area contributed by atoms with Crippen LogP contribution in [0.2, 0.25) is 0 Å². The van der Waals surface area contributed by atoms with Gasteiger partial charge in [0.15, 0.2) is 0 Å². The molecule has 0 saturated carbocycles. The van der Waals surface area contributed by atoms with Gasteiger partial charge in [0.25, 0.3) is 0 Å². The van der Waals surface area contributed by atoms with E-state index in [0.717, 1.165) is 12.8 Å². The zero-order valence-electron chi connectivity index (χ0n) is 9.65. The maximum absolute atomic E-state index is 2.23. The molecule has 0 nitrogen and oxygen atoms in total. The Morgan fingerprint density at radius 3 is 2.00 bits per heavy atom. The van der Waals surface area contributed by atoms with E-state index < -0.39 is 0 Å². The molecule has 0 bridgehead atoms. The number of benzene rings is 1. The second-order valence-corrected chi connectivity index (χ2v) is 2.92. The smallest absolute Gasteiger partial charge is 0.0302 e. The Balaban J connectivity index is 0.000000671. The van der Waals surface area contributed by atoms with Crippen molar-refractivity contribution in [3.63, 3.8) is 0 Å². The molecule has 0 aliphatic carbocycles. The molecule has 1 aromatic rings. The first-order valence-corrected chi connectivity index (χ1v) is 5.37. The van der Waals surface area contributed by atoms with E-state index in [-0.39, 0.29) is 0 Å². The number of aryl methyl sites for hydroxylation is 2. The summed E-state index contributed by atoms with van der Waals surface area (Å²) < 4.78 is 0. The molecular weight excluding hydrogens is 156 g/mol. The number of hydrogen-bond donors (Lipinski definition) is 0. The van der Waals surface area contributed by atoms with E-state index in [2.05, 4.69) is 39.0 Å². The molecule has 0 atom stereocenters. The van der Waals surface area contributed by atoms with E-state index in [1.165, 1.54) is 16.7 Å². The minimum absolute atomic E-state index is 1.16. The van der Waals surface area contributed by atoms with Gasteiger partial charge in [0.1, 0.15) is 0 Å². The molecule has 1 rings (SSSR count). The van der Waals surface area contributed by atoms with Gasteiger partial charge in [0.2, 0.25) is 0 Å². The van der Waals surface area contributed by atoms with Crippen LogP contribution in [0.25, 0.3) is 0 Å². The van der Waals surface area contributed by atoms with Crippen molar-refractivity contribution in [1.82, 2.24) is 0 Å². The fourth-order valence-electron chi connectivity index (χ4n) is 1.60. The van der Waals surface area contributed by atoms with E-state index in [9.17, 15) is 0 Å². The molecule has 0 amide bonds.